The van der Waals surface area contributed by atoms with Crippen LogP contribution in [-0.2, 0) is 16.6 Å². The van der Waals surface area contributed by atoms with Crippen LogP contribution >= 0.6 is 11.3 Å². The van der Waals surface area contributed by atoms with Crippen LogP contribution in [0.4, 0.5) is 5.69 Å². The summed E-state index contributed by atoms with van der Waals surface area (Å²) in [5.74, 6) is -0.287. The lowest BCUT2D eigenvalue weighted by Gasteiger charge is -2.09. The van der Waals surface area contributed by atoms with Gasteiger partial charge in [0, 0.05) is 11.3 Å². The van der Waals surface area contributed by atoms with Crippen molar-refractivity contribution >= 4 is 43.2 Å². The third-order valence-corrected chi connectivity index (χ3v) is 6.90. The molecule has 0 aliphatic heterocycles. The first-order valence-electron chi connectivity index (χ1n) is 9.23. The third-order valence-electron chi connectivity index (χ3n) is 4.47. The smallest absolute Gasteiger partial charge is 0.261 e. The number of sulfonamides is 1. The van der Waals surface area contributed by atoms with Gasteiger partial charge in [-0.3, -0.25) is 9.52 Å². The Kier molecular flexibility index (Phi) is 5.52. The van der Waals surface area contributed by atoms with Gasteiger partial charge in [-0.1, -0.05) is 29.8 Å². The van der Waals surface area contributed by atoms with E-state index in [1.54, 1.807) is 12.1 Å². The number of nitrogens with one attached hydrogen (secondary N) is 2. The highest BCUT2D eigenvalue weighted by Gasteiger charge is 2.15. The lowest BCUT2D eigenvalue weighted by Crippen LogP contribution is -2.22. The molecule has 4 rings (SSSR count). The van der Waals surface area contributed by atoms with E-state index in [-0.39, 0.29) is 10.8 Å². The van der Waals surface area contributed by atoms with Gasteiger partial charge in [0.2, 0.25) is 0 Å². The Bertz CT molecular complexity index is 1260. The minimum Gasteiger partial charge on any atom is -0.346 e. The fourth-order valence-corrected chi connectivity index (χ4v) is 4.84. The molecule has 1 aromatic heterocycles. The zero-order valence-electron chi connectivity index (χ0n) is 16.1. The summed E-state index contributed by atoms with van der Waals surface area (Å²) in [7, 11) is -3.73. The zero-order chi connectivity index (χ0) is 21.1. The van der Waals surface area contributed by atoms with Crippen LogP contribution in [0.15, 0.2) is 77.7 Å². The van der Waals surface area contributed by atoms with Gasteiger partial charge >= 0.3 is 0 Å². The largest absolute Gasteiger partial charge is 0.346 e. The summed E-state index contributed by atoms with van der Waals surface area (Å²) in [4.78, 5) is 17.0. The maximum atomic E-state index is 12.5. The van der Waals surface area contributed by atoms with E-state index in [2.05, 4.69) is 15.0 Å². The van der Waals surface area contributed by atoms with Crippen molar-refractivity contribution in [2.24, 2.45) is 0 Å². The second-order valence-corrected chi connectivity index (χ2v) is 9.55. The molecule has 0 aliphatic rings. The summed E-state index contributed by atoms with van der Waals surface area (Å²) in [5.41, 5.74) is 2.81. The Morgan fingerprint density at radius 2 is 1.67 bits per heavy atom. The molecule has 1 heterocycles. The molecule has 152 valence electrons. The maximum Gasteiger partial charge on any atom is 0.261 e. The number of benzene rings is 3. The molecule has 0 radical (unpaired) electrons. The number of para-hydroxylation sites is 1. The van der Waals surface area contributed by atoms with E-state index in [4.69, 9.17) is 0 Å². The topological polar surface area (TPSA) is 88.2 Å². The summed E-state index contributed by atoms with van der Waals surface area (Å²) in [6.45, 7) is 2.24. The summed E-state index contributed by atoms with van der Waals surface area (Å²) < 4.78 is 28.7. The molecule has 0 atom stereocenters. The number of carbonyl (C=O) groups excluding carboxylic acids is 1. The molecular formula is C22H19N3O3S2. The number of aromatic nitrogens is 1. The molecule has 0 saturated carbocycles. The van der Waals surface area contributed by atoms with Crippen molar-refractivity contribution in [3.8, 4) is 0 Å². The van der Waals surface area contributed by atoms with Gasteiger partial charge in [-0.15, -0.1) is 11.3 Å². The Morgan fingerprint density at radius 1 is 0.967 bits per heavy atom. The van der Waals surface area contributed by atoms with Gasteiger partial charge in [-0.05, 0) is 55.5 Å². The molecule has 8 heteroatoms. The normalized spacial score (nSPS) is 11.4. The van der Waals surface area contributed by atoms with E-state index < -0.39 is 10.0 Å². The number of hydrogen-bond donors (Lipinski definition) is 2. The molecule has 3 aromatic carbocycles. The minimum absolute atomic E-state index is 0.0887. The number of rotatable bonds is 6. The molecule has 6 nitrogen and oxygen atoms in total. The van der Waals surface area contributed by atoms with Crippen LogP contribution in [0.1, 0.15) is 20.9 Å². The highest BCUT2D eigenvalue weighted by molar-refractivity contribution is 7.92. The van der Waals surface area contributed by atoms with Crippen LogP contribution in [0.2, 0.25) is 0 Å². The molecule has 4 aromatic rings. The highest BCUT2D eigenvalue weighted by atomic mass is 32.2. The maximum absolute atomic E-state index is 12.5. The molecule has 0 spiro atoms. The van der Waals surface area contributed by atoms with Crippen molar-refractivity contribution in [2.45, 2.75) is 18.4 Å². The van der Waals surface area contributed by atoms with E-state index in [9.17, 15) is 13.2 Å². The van der Waals surface area contributed by atoms with Crippen LogP contribution < -0.4 is 10.0 Å². The predicted molar refractivity (Wildman–Crippen MR) is 119 cm³/mol. The summed E-state index contributed by atoms with van der Waals surface area (Å²) >= 11 is 1.53. The van der Waals surface area contributed by atoms with Crippen molar-refractivity contribution < 1.29 is 13.2 Å². The van der Waals surface area contributed by atoms with Crippen LogP contribution in [0.5, 0.6) is 0 Å². The van der Waals surface area contributed by atoms with Gasteiger partial charge in [-0.25, -0.2) is 13.4 Å². The van der Waals surface area contributed by atoms with Gasteiger partial charge in [-0.2, -0.15) is 0 Å². The highest BCUT2D eigenvalue weighted by Crippen LogP contribution is 2.21. The van der Waals surface area contributed by atoms with Gasteiger partial charge in [0.15, 0.2) is 0 Å². The predicted octanol–water partition coefficient (Wildman–Crippen LogP) is 4.34. The molecule has 2 N–H and O–H groups in total. The lowest BCUT2D eigenvalue weighted by atomic mass is 10.2. The first kappa shape index (κ1) is 20.1. The Balaban J connectivity index is 1.41. The molecular weight excluding hydrogens is 418 g/mol. The SMILES string of the molecule is Cc1ccc(NS(=O)(=O)c2ccc(C(=O)NCc3nc4ccccc4s3)cc2)cc1. The Labute approximate surface area is 178 Å². The van der Waals surface area contributed by atoms with Crippen LogP contribution in [0.25, 0.3) is 10.2 Å². The second-order valence-electron chi connectivity index (χ2n) is 6.75. The number of fused-ring (bicyclic) bond motifs is 1. The van der Waals surface area contributed by atoms with Gasteiger partial charge in [0.25, 0.3) is 15.9 Å². The quantitative estimate of drug-likeness (QED) is 0.470. The zero-order valence-corrected chi connectivity index (χ0v) is 17.8. The van der Waals surface area contributed by atoms with Gasteiger partial charge < -0.3 is 5.32 Å². The molecule has 1 amide bonds. The molecule has 0 bridgehead atoms. The first-order valence-corrected chi connectivity index (χ1v) is 11.5. The molecule has 0 saturated heterocycles. The average Bonchev–Trinajstić information content (AvgIpc) is 3.17. The third kappa shape index (κ3) is 4.50. The van der Waals surface area contributed by atoms with E-state index in [0.717, 1.165) is 20.8 Å². The van der Waals surface area contributed by atoms with E-state index in [1.165, 1.54) is 35.6 Å². The number of hydrogen-bond acceptors (Lipinski definition) is 5. The van der Waals surface area contributed by atoms with E-state index >= 15 is 0 Å². The van der Waals surface area contributed by atoms with E-state index in [0.29, 0.717) is 17.8 Å². The number of amides is 1. The number of nitrogens with zero attached hydrogens (tertiary/aromatic N) is 1. The number of thiazole rings is 1. The van der Waals surface area contributed by atoms with Crippen molar-refractivity contribution in [3.05, 3.63) is 88.9 Å². The fraction of sp³-hybridized carbons (Fsp3) is 0.0909. The van der Waals surface area contributed by atoms with Crippen molar-refractivity contribution in [3.63, 3.8) is 0 Å². The van der Waals surface area contributed by atoms with E-state index in [1.807, 2.05) is 43.3 Å². The lowest BCUT2D eigenvalue weighted by molar-refractivity contribution is 0.0951. The molecule has 30 heavy (non-hydrogen) atoms. The number of carbonyl (C=O) groups is 1. The Morgan fingerprint density at radius 3 is 2.37 bits per heavy atom. The van der Waals surface area contributed by atoms with Crippen LogP contribution in [-0.4, -0.2) is 19.3 Å². The number of anilines is 1. The average molecular weight is 438 g/mol. The summed E-state index contributed by atoms with van der Waals surface area (Å²) in [6.07, 6.45) is 0. The van der Waals surface area contributed by atoms with Crippen molar-refractivity contribution in [1.82, 2.24) is 10.3 Å². The summed E-state index contributed by atoms with van der Waals surface area (Å²) in [5, 5.41) is 3.63. The number of aryl methyl sites for hydroxylation is 1. The van der Waals surface area contributed by atoms with Gasteiger partial charge in [0.05, 0.1) is 21.7 Å². The Hall–Kier alpha value is -3.23. The summed E-state index contributed by atoms with van der Waals surface area (Å²) in [6, 6.07) is 20.7. The van der Waals surface area contributed by atoms with Crippen LogP contribution in [0.3, 0.4) is 0 Å². The molecule has 0 fully saturated rings. The van der Waals surface area contributed by atoms with Crippen LogP contribution in [0, 0.1) is 6.92 Å². The standard InChI is InChI=1S/C22H19N3O3S2/c1-15-6-10-17(11-7-15)25-30(27,28)18-12-8-16(9-13-18)22(26)23-14-21-24-19-4-2-3-5-20(19)29-21/h2-13,25H,14H2,1H3,(H,23,26). The fourth-order valence-electron chi connectivity index (χ4n) is 2.87. The van der Waals surface area contributed by atoms with Gasteiger partial charge in [0.1, 0.15) is 5.01 Å². The first-order chi connectivity index (χ1) is 14.4. The second kappa shape index (κ2) is 8.25. The van der Waals surface area contributed by atoms with Crippen molar-refractivity contribution in [1.29, 1.82) is 0 Å². The minimum atomic E-state index is -3.73. The molecule has 0 aliphatic carbocycles. The van der Waals surface area contributed by atoms with Crippen molar-refractivity contribution in [2.75, 3.05) is 4.72 Å². The monoisotopic (exact) mass is 437 g/mol. The molecule has 0 unspecified atom stereocenters.